The minimum absolute atomic E-state index is 0.00192. The van der Waals surface area contributed by atoms with Gasteiger partial charge in [-0.3, -0.25) is 14.9 Å². The number of nitrogens with zero attached hydrogens (tertiary/aromatic N) is 4. The number of nitro groups is 2. The van der Waals surface area contributed by atoms with Crippen LogP contribution < -0.4 is 10.1 Å². The molecule has 28 heavy (non-hydrogen) atoms. The lowest BCUT2D eigenvalue weighted by Gasteiger charge is -2.09. The van der Waals surface area contributed by atoms with Crippen molar-refractivity contribution in [3.8, 4) is 5.75 Å². The molecule has 0 unspecified atom stereocenters. The molecule has 0 aliphatic heterocycles. The summed E-state index contributed by atoms with van der Waals surface area (Å²) in [7, 11) is 0. The zero-order valence-corrected chi connectivity index (χ0v) is 15.5. The molecule has 0 aliphatic rings. The van der Waals surface area contributed by atoms with Crippen molar-refractivity contribution in [1.82, 2.24) is 9.78 Å². The van der Waals surface area contributed by atoms with E-state index in [1.54, 1.807) is 0 Å². The number of alkyl halides is 2. The van der Waals surface area contributed by atoms with E-state index >= 15 is 0 Å². The largest absolute Gasteiger partial charge is 0.487 e. The van der Waals surface area contributed by atoms with Gasteiger partial charge in [0.25, 0.3) is 12.1 Å². The molecule has 0 bridgehead atoms. The van der Waals surface area contributed by atoms with Crippen molar-refractivity contribution < 1.29 is 28.2 Å². The molecular formula is C14H12BrF2N5O6. The molecule has 2 aromatic rings. The Labute approximate surface area is 163 Å². The van der Waals surface area contributed by atoms with E-state index in [1.807, 2.05) is 0 Å². The lowest BCUT2D eigenvalue weighted by Crippen LogP contribution is -2.15. The first-order valence-electron chi connectivity index (χ1n) is 7.53. The maximum atomic E-state index is 12.2. The molecule has 0 saturated heterocycles. The first-order chi connectivity index (χ1) is 13.2. The van der Waals surface area contributed by atoms with E-state index in [1.165, 1.54) is 16.9 Å². The Bertz CT molecular complexity index is 906. The molecule has 1 amide bonds. The topological polar surface area (TPSA) is 142 Å². The van der Waals surface area contributed by atoms with Crippen LogP contribution in [0.1, 0.15) is 6.42 Å². The zero-order chi connectivity index (χ0) is 20.8. The molecule has 0 radical (unpaired) electrons. The molecule has 11 nitrogen and oxygen atoms in total. The molecule has 2 rings (SSSR count). The van der Waals surface area contributed by atoms with Crippen LogP contribution in [0.15, 0.2) is 28.9 Å². The smallest absolute Gasteiger partial charge is 0.404 e. The molecule has 150 valence electrons. The van der Waals surface area contributed by atoms with Crippen LogP contribution in [0.4, 0.5) is 26.0 Å². The molecule has 1 aromatic heterocycles. The minimum Gasteiger partial charge on any atom is -0.487 e. The molecule has 14 heteroatoms. The van der Waals surface area contributed by atoms with Gasteiger partial charge in [0.15, 0.2) is 0 Å². The lowest BCUT2D eigenvalue weighted by atomic mass is 10.2. The van der Waals surface area contributed by atoms with Crippen LogP contribution in [0.25, 0.3) is 0 Å². The van der Waals surface area contributed by atoms with E-state index in [0.29, 0.717) is 0 Å². The van der Waals surface area contributed by atoms with E-state index in [4.69, 9.17) is 4.74 Å². The number of hydrogen-bond donors (Lipinski definition) is 1. The fourth-order valence-corrected chi connectivity index (χ4v) is 2.53. The highest BCUT2D eigenvalue weighted by Gasteiger charge is 2.19. The molecule has 0 saturated carbocycles. The quantitative estimate of drug-likeness (QED) is 0.444. The van der Waals surface area contributed by atoms with Gasteiger partial charge in [0.05, 0.1) is 34.5 Å². The van der Waals surface area contributed by atoms with Gasteiger partial charge in [0.1, 0.15) is 16.8 Å². The third-order valence-corrected chi connectivity index (χ3v) is 3.76. The lowest BCUT2D eigenvalue weighted by molar-refractivity contribution is -0.390. The monoisotopic (exact) mass is 463 g/mol. The molecule has 1 N–H and O–H groups in total. The second-order valence-electron chi connectivity index (χ2n) is 5.29. The summed E-state index contributed by atoms with van der Waals surface area (Å²) in [5, 5.41) is 27.8. The predicted octanol–water partition coefficient (Wildman–Crippen LogP) is 3.13. The number of non-ortho nitro benzene ring substituents is 1. The van der Waals surface area contributed by atoms with Crippen molar-refractivity contribution in [1.29, 1.82) is 0 Å². The van der Waals surface area contributed by atoms with E-state index in [-0.39, 0.29) is 28.9 Å². The van der Waals surface area contributed by atoms with E-state index in [0.717, 1.165) is 12.1 Å². The Kier molecular flexibility index (Phi) is 6.92. The van der Waals surface area contributed by atoms with Crippen LogP contribution >= 0.6 is 15.9 Å². The Morgan fingerprint density at radius 1 is 1.29 bits per heavy atom. The molecular weight excluding hydrogens is 452 g/mol. The summed E-state index contributed by atoms with van der Waals surface area (Å²) < 4.78 is 30.6. The predicted molar refractivity (Wildman–Crippen MR) is 94.4 cm³/mol. The highest BCUT2D eigenvalue weighted by Crippen LogP contribution is 2.27. The first-order valence-corrected chi connectivity index (χ1v) is 8.32. The SMILES string of the molecule is O=C(CCn1cc(Br)c([N+](=O)[O-])n1)Nc1cc(OCC(F)F)cc([N+](=O)[O-])c1. The number of benzene rings is 1. The van der Waals surface area contributed by atoms with Gasteiger partial charge in [0, 0.05) is 18.6 Å². The van der Waals surface area contributed by atoms with Crippen molar-refractivity contribution in [2.75, 3.05) is 11.9 Å². The maximum absolute atomic E-state index is 12.2. The number of nitrogens with one attached hydrogen (secondary N) is 1. The number of aromatic nitrogens is 2. The second kappa shape index (κ2) is 9.16. The normalized spacial score (nSPS) is 10.7. The summed E-state index contributed by atoms with van der Waals surface area (Å²) in [4.78, 5) is 32.3. The number of hydrogen-bond acceptors (Lipinski definition) is 7. The average Bonchev–Trinajstić information content (AvgIpc) is 2.99. The van der Waals surface area contributed by atoms with Gasteiger partial charge >= 0.3 is 5.82 Å². The molecule has 1 aromatic carbocycles. The molecule has 1 heterocycles. The van der Waals surface area contributed by atoms with Gasteiger partial charge in [-0.2, -0.15) is 4.68 Å². The number of amides is 1. The van der Waals surface area contributed by atoms with E-state index in [9.17, 15) is 33.8 Å². The Morgan fingerprint density at radius 2 is 2.00 bits per heavy atom. The molecule has 0 aliphatic carbocycles. The summed E-state index contributed by atoms with van der Waals surface area (Å²) in [5.41, 5.74) is -0.468. The second-order valence-corrected chi connectivity index (χ2v) is 6.15. The number of anilines is 1. The molecule has 0 fully saturated rings. The van der Waals surface area contributed by atoms with Crippen molar-refractivity contribution in [3.63, 3.8) is 0 Å². The fourth-order valence-electron chi connectivity index (χ4n) is 2.07. The highest BCUT2D eigenvalue weighted by molar-refractivity contribution is 9.10. The third kappa shape index (κ3) is 5.94. The first kappa shape index (κ1) is 21.1. The van der Waals surface area contributed by atoms with Crippen molar-refractivity contribution in [3.05, 3.63) is 49.1 Å². The fraction of sp³-hybridized carbons (Fsp3) is 0.286. The van der Waals surface area contributed by atoms with Gasteiger partial charge in [0.2, 0.25) is 5.91 Å². The van der Waals surface area contributed by atoms with Gasteiger partial charge in [-0.25, -0.2) is 8.78 Å². The summed E-state index contributed by atoms with van der Waals surface area (Å²) in [6.45, 7) is -0.955. The summed E-state index contributed by atoms with van der Waals surface area (Å²) in [6, 6.07) is 3.17. The number of carbonyl (C=O) groups excluding carboxylic acids is 1. The third-order valence-electron chi connectivity index (χ3n) is 3.20. The molecule has 0 spiro atoms. The van der Waals surface area contributed by atoms with Crippen LogP contribution in [0.5, 0.6) is 5.75 Å². The van der Waals surface area contributed by atoms with E-state index in [2.05, 4.69) is 26.3 Å². The number of halogens is 3. The zero-order valence-electron chi connectivity index (χ0n) is 13.9. The number of aryl methyl sites for hydroxylation is 1. The van der Waals surface area contributed by atoms with Gasteiger partial charge in [-0.05, 0) is 20.9 Å². The Hall–Kier alpha value is -3.16. The summed E-state index contributed by atoms with van der Waals surface area (Å²) >= 11 is 2.98. The van der Waals surface area contributed by atoms with Crippen molar-refractivity contribution in [2.24, 2.45) is 0 Å². The van der Waals surface area contributed by atoms with Crippen LogP contribution in [-0.4, -0.2) is 38.6 Å². The van der Waals surface area contributed by atoms with Crippen LogP contribution in [0.3, 0.4) is 0 Å². The number of carbonyl (C=O) groups is 1. The van der Waals surface area contributed by atoms with Crippen LogP contribution in [0.2, 0.25) is 0 Å². The highest BCUT2D eigenvalue weighted by atomic mass is 79.9. The average molecular weight is 464 g/mol. The Balaban J connectivity index is 2.04. The number of ether oxygens (including phenoxy) is 1. The standard InChI is InChI=1S/C14H12BrF2N5O6/c15-11-6-20(19-14(11)22(26)27)2-1-13(23)18-8-3-9(21(24)25)5-10(4-8)28-7-12(16)17/h3-6,12H,1-2,7H2,(H,18,23). The van der Waals surface area contributed by atoms with Crippen LogP contribution in [-0.2, 0) is 11.3 Å². The van der Waals surface area contributed by atoms with Crippen LogP contribution in [0, 0.1) is 20.2 Å². The number of rotatable bonds is 9. The summed E-state index contributed by atoms with van der Waals surface area (Å²) in [6.07, 6.45) is -1.59. The van der Waals surface area contributed by atoms with Gasteiger partial charge in [-0.15, -0.1) is 0 Å². The maximum Gasteiger partial charge on any atom is 0.404 e. The van der Waals surface area contributed by atoms with Gasteiger partial charge < -0.3 is 20.2 Å². The Morgan fingerprint density at radius 3 is 2.57 bits per heavy atom. The number of nitro benzene ring substituents is 1. The van der Waals surface area contributed by atoms with Crippen molar-refractivity contribution in [2.45, 2.75) is 19.4 Å². The van der Waals surface area contributed by atoms with Gasteiger partial charge in [-0.1, -0.05) is 0 Å². The van der Waals surface area contributed by atoms with Crippen molar-refractivity contribution >= 4 is 39.0 Å². The molecule has 0 atom stereocenters. The summed E-state index contributed by atoms with van der Waals surface area (Å²) in [5.74, 6) is -1.18. The minimum atomic E-state index is -2.77. The van der Waals surface area contributed by atoms with E-state index < -0.39 is 40.3 Å².